The van der Waals surface area contributed by atoms with Gasteiger partial charge in [-0.15, -0.1) is 10.2 Å². The van der Waals surface area contributed by atoms with Gasteiger partial charge in [-0.2, -0.15) is 4.31 Å². The fourth-order valence-corrected chi connectivity index (χ4v) is 5.15. The summed E-state index contributed by atoms with van der Waals surface area (Å²) >= 11 is 0. The summed E-state index contributed by atoms with van der Waals surface area (Å²) in [5, 5.41) is 8.01. The Balaban J connectivity index is 1.40. The van der Waals surface area contributed by atoms with E-state index in [-0.39, 0.29) is 0 Å². The van der Waals surface area contributed by atoms with Crippen LogP contribution in [-0.4, -0.2) is 54.0 Å². The first-order valence-corrected chi connectivity index (χ1v) is 10.7. The van der Waals surface area contributed by atoms with E-state index in [4.69, 9.17) is 4.42 Å². The van der Waals surface area contributed by atoms with Crippen LogP contribution in [0, 0.1) is 0 Å². The number of piperazine rings is 1. The fraction of sp³-hybridized carbons (Fsp3) is 0.556. The number of fused-ring (bicyclic) bond motifs is 1. The lowest BCUT2D eigenvalue weighted by molar-refractivity contribution is 0.167. The maximum atomic E-state index is 13.0. The number of sulfonamides is 1. The van der Waals surface area contributed by atoms with Gasteiger partial charge < -0.3 is 4.42 Å². The molecule has 0 bridgehead atoms. The molecule has 1 aromatic carbocycles. The second-order valence-electron chi connectivity index (χ2n) is 6.91. The van der Waals surface area contributed by atoms with Crippen molar-refractivity contribution >= 4 is 10.0 Å². The Morgan fingerprint density at radius 1 is 1.04 bits per heavy atom. The smallest absolute Gasteiger partial charge is 0.243 e. The zero-order valence-corrected chi connectivity index (χ0v) is 15.8. The summed E-state index contributed by atoms with van der Waals surface area (Å²) in [7, 11) is -3.42. The normalized spacial score (nSPS) is 19.0. The van der Waals surface area contributed by atoms with E-state index >= 15 is 0 Å². The minimum absolute atomic E-state index is 0.427. The second kappa shape index (κ2) is 7.09. The number of hydrogen-bond acceptors (Lipinski definition) is 6. The lowest BCUT2D eigenvalue weighted by atomic mass is 10.1. The Kier molecular flexibility index (Phi) is 4.81. The van der Waals surface area contributed by atoms with Crippen molar-refractivity contribution < 1.29 is 12.8 Å². The first-order chi connectivity index (χ1) is 12.6. The van der Waals surface area contributed by atoms with E-state index in [1.165, 1.54) is 11.1 Å². The average molecular weight is 376 g/mol. The van der Waals surface area contributed by atoms with Crippen LogP contribution in [0.15, 0.2) is 27.5 Å². The third-order valence-corrected chi connectivity index (χ3v) is 7.10. The van der Waals surface area contributed by atoms with E-state index in [0.29, 0.717) is 49.4 Å². The number of hydrogen-bond donors (Lipinski definition) is 0. The van der Waals surface area contributed by atoms with Crippen molar-refractivity contribution in [2.45, 2.75) is 44.0 Å². The van der Waals surface area contributed by atoms with Crippen LogP contribution in [-0.2, 0) is 35.8 Å². The molecule has 26 heavy (non-hydrogen) atoms. The highest BCUT2D eigenvalue weighted by atomic mass is 32.2. The molecule has 0 radical (unpaired) electrons. The van der Waals surface area contributed by atoms with Gasteiger partial charge in [0.25, 0.3) is 0 Å². The van der Waals surface area contributed by atoms with E-state index in [2.05, 4.69) is 15.1 Å². The Bertz CT molecular complexity index is 886. The minimum Gasteiger partial charge on any atom is -0.424 e. The lowest BCUT2D eigenvalue weighted by Crippen LogP contribution is -2.48. The number of aromatic nitrogens is 2. The molecule has 1 saturated heterocycles. The van der Waals surface area contributed by atoms with Gasteiger partial charge in [0, 0.05) is 32.6 Å². The molecule has 1 aliphatic carbocycles. The highest BCUT2D eigenvalue weighted by Gasteiger charge is 2.29. The summed E-state index contributed by atoms with van der Waals surface area (Å²) in [4.78, 5) is 2.58. The highest BCUT2D eigenvalue weighted by Crippen LogP contribution is 2.26. The van der Waals surface area contributed by atoms with Crippen molar-refractivity contribution in [3.05, 3.63) is 41.1 Å². The SMILES string of the molecule is CCc1nnc(CN2CCN(S(=O)(=O)c3ccc4c(c3)CCC4)CC2)o1. The summed E-state index contributed by atoms with van der Waals surface area (Å²) in [5.74, 6) is 1.23. The van der Waals surface area contributed by atoms with Crippen LogP contribution in [0.25, 0.3) is 0 Å². The van der Waals surface area contributed by atoms with Crippen molar-refractivity contribution in [3.63, 3.8) is 0 Å². The molecular formula is C18H24N4O3S. The molecule has 0 unspecified atom stereocenters. The summed E-state index contributed by atoms with van der Waals surface area (Å²) in [5.41, 5.74) is 2.48. The van der Waals surface area contributed by atoms with Gasteiger partial charge in [0.15, 0.2) is 0 Å². The van der Waals surface area contributed by atoms with Gasteiger partial charge in [0.1, 0.15) is 0 Å². The van der Waals surface area contributed by atoms with Crippen LogP contribution in [0.4, 0.5) is 0 Å². The van der Waals surface area contributed by atoms with Gasteiger partial charge in [-0.05, 0) is 42.5 Å². The fourth-order valence-electron chi connectivity index (χ4n) is 3.67. The lowest BCUT2D eigenvalue weighted by Gasteiger charge is -2.33. The molecule has 1 aliphatic heterocycles. The summed E-state index contributed by atoms with van der Waals surface area (Å²) in [6.07, 6.45) is 3.88. The van der Waals surface area contributed by atoms with Crippen molar-refractivity contribution in [2.75, 3.05) is 26.2 Å². The Morgan fingerprint density at radius 3 is 2.50 bits per heavy atom. The van der Waals surface area contributed by atoms with E-state index in [9.17, 15) is 8.42 Å². The molecule has 0 saturated carbocycles. The molecular weight excluding hydrogens is 352 g/mol. The van der Waals surface area contributed by atoms with Gasteiger partial charge in [-0.1, -0.05) is 13.0 Å². The van der Waals surface area contributed by atoms with Gasteiger partial charge in [0.2, 0.25) is 21.8 Å². The topological polar surface area (TPSA) is 79.5 Å². The molecule has 1 fully saturated rings. The summed E-state index contributed by atoms with van der Waals surface area (Å²) in [6.45, 7) is 4.82. The predicted octanol–water partition coefficient (Wildman–Crippen LogP) is 1.63. The molecule has 0 atom stereocenters. The van der Waals surface area contributed by atoms with Gasteiger partial charge in [-0.3, -0.25) is 4.90 Å². The van der Waals surface area contributed by atoms with Crippen molar-refractivity contribution in [1.82, 2.24) is 19.4 Å². The van der Waals surface area contributed by atoms with E-state index in [1.807, 2.05) is 19.1 Å². The Hall–Kier alpha value is -1.77. The largest absolute Gasteiger partial charge is 0.424 e. The number of benzene rings is 1. The van der Waals surface area contributed by atoms with Crippen molar-refractivity contribution in [2.24, 2.45) is 0 Å². The highest BCUT2D eigenvalue weighted by molar-refractivity contribution is 7.89. The van der Waals surface area contributed by atoms with Crippen LogP contribution in [0.2, 0.25) is 0 Å². The molecule has 1 aromatic heterocycles. The summed E-state index contributed by atoms with van der Waals surface area (Å²) in [6, 6.07) is 5.61. The van der Waals surface area contributed by atoms with Crippen LogP contribution >= 0.6 is 0 Å². The molecule has 4 rings (SSSR count). The molecule has 0 N–H and O–H groups in total. The van der Waals surface area contributed by atoms with E-state index < -0.39 is 10.0 Å². The average Bonchev–Trinajstić information content (AvgIpc) is 3.30. The number of aryl methyl sites for hydroxylation is 3. The zero-order chi connectivity index (χ0) is 18.1. The predicted molar refractivity (Wildman–Crippen MR) is 96.2 cm³/mol. The van der Waals surface area contributed by atoms with Crippen LogP contribution in [0.5, 0.6) is 0 Å². The monoisotopic (exact) mass is 376 g/mol. The molecule has 7 nitrogen and oxygen atoms in total. The molecule has 8 heteroatoms. The molecule has 0 spiro atoms. The number of nitrogens with zero attached hydrogens (tertiary/aromatic N) is 4. The van der Waals surface area contributed by atoms with Crippen molar-refractivity contribution in [3.8, 4) is 0 Å². The first-order valence-electron chi connectivity index (χ1n) is 9.22. The van der Waals surface area contributed by atoms with Crippen LogP contribution in [0.1, 0.15) is 36.3 Å². The number of rotatable bonds is 5. The van der Waals surface area contributed by atoms with Crippen LogP contribution < -0.4 is 0 Å². The Labute approximate surface area is 154 Å². The van der Waals surface area contributed by atoms with Gasteiger partial charge in [-0.25, -0.2) is 8.42 Å². The Morgan fingerprint density at radius 2 is 1.77 bits per heavy atom. The van der Waals surface area contributed by atoms with Crippen molar-refractivity contribution in [1.29, 1.82) is 0 Å². The summed E-state index contributed by atoms with van der Waals surface area (Å²) < 4.78 is 33.1. The van der Waals surface area contributed by atoms with Gasteiger partial charge in [0.05, 0.1) is 11.4 Å². The van der Waals surface area contributed by atoms with Gasteiger partial charge >= 0.3 is 0 Å². The molecule has 0 amide bonds. The minimum atomic E-state index is -3.42. The molecule has 140 valence electrons. The zero-order valence-electron chi connectivity index (χ0n) is 15.0. The molecule has 2 heterocycles. The van der Waals surface area contributed by atoms with E-state index in [1.54, 1.807) is 10.4 Å². The third kappa shape index (κ3) is 3.41. The standard InChI is InChI=1S/C18H24N4O3S/c1-2-17-19-20-18(25-17)13-21-8-10-22(11-9-21)26(23,24)16-7-6-14-4-3-5-15(14)12-16/h6-7,12H,2-5,8-11,13H2,1H3. The first kappa shape index (κ1) is 17.6. The molecule has 2 aromatic rings. The maximum absolute atomic E-state index is 13.0. The van der Waals surface area contributed by atoms with E-state index in [0.717, 1.165) is 25.7 Å². The molecule has 2 aliphatic rings. The second-order valence-corrected chi connectivity index (χ2v) is 8.85. The maximum Gasteiger partial charge on any atom is 0.243 e. The third-order valence-electron chi connectivity index (χ3n) is 5.21. The van der Waals surface area contributed by atoms with Crippen LogP contribution in [0.3, 0.4) is 0 Å². The quantitative estimate of drug-likeness (QED) is 0.789.